The molecule has 0 aromatic rings. The first-order valence-electron chi connectivity index (χ1n) is 5.46. The molecule has 1 rings (SSSR count). The molecule has 1 aliphatic rings. The summed E-state index contributed by atoms with van der Waals surface area (Å²) in [7, 11) is 0. The molecule has 1 heterocycles. The van der Waals surface area contributed by atoms with Gasteiger partial charge in [-0.15, -0.1) is 0 Å². The topological polar surface area (TPSA) is 43.4 Å². The van der Waals surface area contributed by atoms with Crippen molar-refractivity contribution < 1.29 is 14.3 Å². The molecule has 1 atom stereocenters. The molecule has 0 radical (unpaired) electrons. The molecule has 0 aliphatic carbocycles. The van der Waals surface area contributed by atoms with Gasteiger partial charge in [-0.3, -0.25) is 9.59 Å². The van der Waals surface area contributed by atoms with E-state index in [9.17, 15) is 9.59 Å². The van der Waals surface area contributed by atoms with Crippen LogP contribution in [0.2, 0.25) is 0 Å². The Hall–Kier alpha value is -0.860. The standard InChI is InChI=1S/C12H20O3/c1-9(13)12(6-5-11(2,3)4)7-8-15-10(12)14/h5-8H2,1-4H3. The van der Waals surface area contributed by atoms with Crippen LogP contribution in [0.4, 0.5) is 0 Å². The van der Waals surface area contributed by atoms with Crippen molar-refractivity contribution in [3.8, 4) is 0 Å². The van der Waals surface area contributed by atoms with Crippen LogP contribution in [0.15, 0.2) is 0 Å². The number of cyclic esters (lactones) is 1. The molecule has 0 aromatic carbocycles. The van der Waals surface area contributed by atoms with Gasteiger partial charge in [0.2, 0.25) is 0 Å². The van der Waals surface area contributed by atoms with E-state index < -0.39 is 5.41 Å². The van der Waals surface area contributed by atoms with Crippen LogP contribution in [0, 0.1) is 10.8 Å². The van der Waals surface area contributed by atoms with Crippen molar-refractivity contribution in [1.29, 1.82) is 0 Å². The molecular weight excluding hydrogens is 192 g/mol. The van der Waals surface area contributed by atoms with Crippen molar-refractivity contribution in [2.24, 2.45) is 10.8 Å². The van der Waals surface area contributed by atoms with E-state index in [1.807, 2.05) is 0 Å². The summed E-state index contributed by atoms with van der Waals surface area (Å²) in [6.07, 6.45) is 2.03. The Labute approximate surface area is 91.2 Å². The monoisotopic (exact) mass is 212 g/mol. The van der Waals surface area contributed by atoms with Crippen LogP contribution in [0.25, 0.3) is 0 Å². The third-order valence-electron chi connectivity index (χ3n) is 3.13. The first-order valence-corrected chi connectivity index (χ1v) is 5.46. The van der Waals surface area contributed by atoms with Gasteiger partial charge in [0.1, 0.15) is 11.2 Å². The first kappa shape index (κ1) is 12.2. The SMILES string of the molecule is CC(=O)C1(CCC(C)(C)C)CCOC1=O. The van der Waals surface area contributed by atoms with E-state index in [1.54, 1.807) is 0 Å². The normalized spacial score (nSPS) is 26.5. The van der Waals surface area contributed by atoms with E-state index in [0.717, 1.165) is 6.42 Å². The Bertz CT molecular complexity index is 275. The fourth-order valence-corrected chi connectivity index (χ4v) is 1.87. The second kappa shape index (κ2) is 3.95. The lowest BCUT2D eigenvalue weighted by Gasteiger charge is -2.26. The van der Waals surface area contributed by atoms with Crippen molar-refractivity contribution in [3.05, 3.63) is 0 Å². The zero-order chi connectivity index (χ0) is 11.7. The number of rotatable bonds is 3. The molecular formula is C12H20O3. The summed E-state index contributed by atoms with van der Waals surface area (Å²) in [5.41, 5.74) is -0.696. The highest BCUT2D eigenvalue weighted by Gasteiger charge is 2.48. The maximum absolute atomic E-state index is 11.6. The zero-order valence-electron chi connectivity index (χ0n) is 10.1. The maximum Gasteiger partial charge on any atom is 0.319 e. The smallest absolute Gasteiger partial charge is 0.319 e. The Kier molecular flexibility index (Phi) is 3.22. The van der Waals surface area contributed by atoms with E-state index >= 15 is 0 Å². The minimum atomic E-state index is -0.840. The Morgan fingerprint density at radius 2 is 2.07 bits per heavy atom. The molecule has 86 valence electrons. The molecule has 0 saturated carbocycles. The summed E-state index contributed by atoms with van der Waals surface area (Å²) < 4.78 is 4.94. The third kappa shape index (κ3) is 2.58. The van der Waals surface area contributed by atoms with Gasteiger partial charge in [-0.1, -0.05) is 20.8 Å². The fraction of sp³-hybridized carbons (Fsp3) is 0.833. The molecule has 1 unspecified atom stereocenters. The van der Waals surface area contributed by atoms with Gasteiger partial charge in [0.15, 0.2) is 0 Å². The molecule has 0 bridgehead atoms. The van der Waals surface area contributed by atoms with E-state index in [1.165, 1.54) is 6.92 Å². The lowest BCUT2D eigenvalue weighted by Crippen LogP contribution is -2.35. The summed E-state index contributed by atoms with van der Waals surface area (Å²) in [6.45, 7) is 8.22. The van der Waals surface area contributed by atoms with E-state index in [-0.39, 0.29) is 17.2 Å². The number of ketones is 1. The predicted octanol–water partition coefficient (Wildman–Crippen LogP) is 2.33. The van der Waals surface area contributed by atoms with Gasteiger partial charge in [0, 0.05) is 6.42 Å². The molecule has 0 amide bonds. The van der Waals surface area contributed by atoms with Crippen LogP contribution in [0.1, 0.15) is 47.0 Å². The highest BCUT2D eigenvalue weighted by molar-refractivity contribution is 6.03. The Morgan fingerprint density at radius 1 is 1.47 bits per heavy atom. The highest BCUT2D eigenvalue weighted by Crippen LogP contribution is 2.39. The lowest BCUT2D eigenvalue weighted by molar-refractivity contribution is -0.151. The number of esters is 1. The summed E-state index contributed by atoms with van der Waals surface area (Å²) in [6, 6.07) is 0. The van der Waals surface area contributed by atoms with Crippen LogP contribution >= 0.6 is 0 Å². The van der Waals surface area contributed by atoms with Crippen LogP contribution in [-0.4, -0.2) is 18.4 Å². The van der Waals surface area contributed by atoms with Crippen LogP contribution in [0.3, 0.4) is 0 Å². The molecule has 0 N–H and O–H groups in total. The predicted molar refractivity (Wildman–Crippen MR) is 57.4 cm³/mol. The average molecular weight is 212 g/mol. The average Bonchev–Trinajstić information content (AvgIpc) is 2.43. The molecule has 3 nitrogen and oxygen atoms in total. The minimum absolute atomic E-state index is 0.0470. The number of carbonyl (C=O) groups excluding carboxylic acids is 2. The summed E-state index contributed by atoms with van der Waals surface area (Å²) in [5, 5.41) is 0. The van der Waals surface area contributed by atoms with Crippen LogP contribution in [0.5, 0.6) is 0 Å². The van der Waals surface area contributed by atoms with E-state index in [2.05, 4.69) is 20.8 Å². The summed E-state index contributed by atoms with van der Waals surface area (Å²) >= 11 is 0. The van der Waals surface area contributed by atoms with Crippen molar-refractivity contribution in [1.82, 2.24) is 0 Å². The molecule has 1 fully saturated rings. The number of hydrogen-bond acceptors (Lipinski definition) is 3. The second-order valence-electron chi connectivity index (χ2n) is 5.58. The second-order valence-corrected chi connectivity index (χ2v) is 5.58. The first-order chi connectivity index (χ1) is 6.78. The Morgan fingerprint density at radius 3 is 2.40 bits per heavy atom. The van der Waals surface area contributed by atoms with E-state index in [0.29, 0.717) is 19.4 Å². The van der Waals surface area contributed by atoms with Crippen molar-refractivity contribution >= 4 is 11.8 Å². The van der Waals surface area contributed by atoms with Gasteiger partial charge in [0.25, 0.3) is 0 Å². The van der Waals surface area contributed by atoms with Gasteiger partial charge >= 0.3 is 5.97 Å². The van der Waals surface area contributed by atoms with Gasteiger partial charge in [-0.05, 0) is 25.2 Å². The molecule has 15 heavy (non-hydrogen) atoms. The maximum atomic E-state index is 11.6. The highest BCUT2D eigenvalue weighted by atomic mass is 16.5. The Balaban J connectivity index is 2.76. The van der Waals surface area contributed by atoms with Crippen molar-refractivity contribution in [2.45, 2.75) is 47.0 Å². The third-order valence-corrected chi connectivity index (χ3v) is 3.13. The number of Topliss-reactive ketones (excluding diaryl/α,β-unsaturated/α-hetero) is 1. The lowest BCUT2D eigenvalue weighted by atomic mass is 9.74. The molecule has 1 aliphatic heterocycles. The molecule has 0 aromatic heterocycles. The zero-order valence-corrected chi connectivity index (χ0v) is 10.1. The van der Waals surface area contributed by atoms with E-state index in [4.69, 9.17) is 4.74 Å². The molecule has 0 spiro atoms. The van der Waals surface area contributed by atoms with Crippen molar-refractivity contribution in [2.75, 3.05) is 6.61 Å². The largest absolute Gasteiger partial charge is 0.465 e. The van der Waals surface area contributed by atoms with Crippen LogP contribution < -0.4 is 0 Å². The van der Waals surface area contributed by atoms with Gasteiger partial charge in [-0.25, -0.2) is 0 Å². The van der Waals surface area contributed by atoms with Gasteiger partial charge < -0.3 is 4.74 Å². The fourth-order valence-electron chi connectivity index (χ4n) is 1.87. The number of carbonyl (C=O) groups is 2. The quantitative estimate of drug-likeness (QED) is 0.532. The van der Waals surface area contributed by atoms with Gasteiger partial charge in [0.05, 0.1) is 6.61 Å². The molecule has 1 saturated heterocycles. The van der Waals surface area contributed by atoms with Crippen LogP contribution in [-0.2, 0) is 14.3 Å². The number of hydrogen-bond donors (Lipinski definition) is 0. The minimum Gasteiger partial charge on any atom is -0.465 e. The molecule has 3 heteroatoms. The summed E-state index contributed by atoms with van der Waals surface area (Å²) in [4.78, 5) is 23.2. The summed E-state index contributed by atoms with van der Waals surface area (Å²) in [5.74, 6) is -0.367. The number of ether oxygens (including phenoxy) is 1. The van der Waals surface area contributed by atoms with Crippen molar-refractivity contribution in [3.63, 3.8) is 0 Å². The van der Waals surface area contributed by atoms with Gasteiger partial charge in [-0.2, -0.15) is 0 Å².